The lowest BCUT2D eigenvalue weighted by Crippen LogP contribution is -2.41. The SMILES string of the molecule is C=CCN(C(=O)COc1ccccc1N)C1CCCC1. The number of nitrogens with two attached hydrogens (primary N) is 1. The minimum Gasteiger partial charge on any atom is -0.482 e. The van der Waals surface area contributed by atoms with Crippen LogP contribution < -0.4 is 10.5 Å². The molecule has 1 aliphatic rings. The van der Waals surface area contributed by atoms with E-state index in [1.165, 1.54) is 12.8 Å². The molecule has 0 heterocycles. The molecule has 0 saturated heterocycles. The molecule has 0 aliphatic heterocycles. The maximum atomic E-state index is 12.3. The van der Waals surface area contributed by atoms with Crippen LogP contribution in [0.15, 0.2) is 36.9 Å². The van der Waals surface area contributed by atoms with Gasteiger partial charge in [0.2, 0.25) is 0 Å². The van der Waals surface area contributed by atoms with Gasteiger partial charge in [-0.2, -0.15) is 0 Å². The topological polar surface area (TPSA) is 55.6 Å². The van der Waals surface area contributed by atoms with Crippen molar-refractivity contribution in [3.8, 4) is 5.75 Å². The molecule has 1 saturated carbocycles. The number of carbonyl (C=O) groups excluding carboxylic acids is 1. The molecule has 0 radical (unpaired) electrons. The van der Waals surface area contributed by atoms with Crippen LogP contribution in [0.5, 0.6) is 5.75 Å². The summed E-state index contributed by atoms with van der Waals surface area (Å²) < 4.78 is 5.53. The fourth-order valence-corrected chi connectivity index (χ4v) is 2.64. The van der Waals surface area contributed by atoms with Crippen LogP contribution in [-0.4, -0.2) is 30.0 Å². The second-order valence-electron chi connectivity index (χ2n) is 5.10. The smallest absolute Gasteiger partial charge is 0.261 e. The molecule has 2 rings (SSSR count). The molecular weight excluding hydrogens is 252 g/mol. The molecule has 0 atom stereocenters. The molecule has 1 fully saturated rings. The number of nitrogens with zero attached hydrogens (tertiary/aromatic N) is 1. The maximum Gasteiger partial charge on any atom is 0.261 e. The van der Waals surface area contributed by atoms with E-state index in [9.17, 15) is 4.79 Å². The van der Waals surface area contributed by atoms with E-state index in [-0.39, 0.29) is 12.5 Å². The van der Waals surface area contributed by atoms with E-state index >= 15 is 0 Å². The van der Waals surface area contributed by atoms with Gasteiger partial charge in [0.25, 0.3) is 5.91 Å². The molecule has 4 nitrogen and oxygen atoms in total. The third-order valence-corrected chi connectivity index (χ3v) is 3.68. The van der Waals surface area contributed by atoms with Gasteiger partial charge in [-0.05, 0) is 25.0 Å². The Morgan fingerprint density at radius 2 is 2.10 bits per heavy atom. The lowest BCUT2D eigenvalue weighted by Gasteiger charge is -2.27. The third-order valence-electron chi connectivity index (χ3n) is 3.68. The van der Waals surface area contributed by atoms with Crippen LogP contribution in [0.3, 0.4) is 0 Å². The Labute approximate surface area is 120 Å². The van der Waals surface area contributed by atoms with Gasteiger partial charge in [-0.15, -0.1) is 6.58 Å². The van der Waals surface area contributed by atoms with Crippen LogP contribution in [0.2, 0.25) is 0 Å². The summed E-state index contributed by atoms with van der Waals surface area (Å²) in [6.07, 6.45) is 6.31. The molecule has 20 heavy (non-hydrogen) atoms. The Balaban J connectivity index is 1.94. The van der Waals surface area contributed by atoms with E-state index in [1.54, 1.807) is 18.2 Å². The average Bonchev–Trinajstić information content (AvgIpc) is 2.97. The molecule has 0 unspecified atom stereocenters. The molecular formula is C16H22N2O2. The van der Waals surface area contributed by atoms with Crippen molar-refractivity contribution in [1.82, 2.24) is 4.90 Å². The molecule has 0 bridgehead atoms. The van der Waals surface area contributed by atoms with Crippen LogP contribution in [0.1, 0.15) is 25.7 Å². The number of nitrogen functional groups attached to an aromatic ring is 1. The van der Waals surface area contributed by atoms with Gasteiger partial charge in [-0.1, -0.05) is 31.1 Å². The van der Waals surface area contributed by atoms with Gasteiger partial charge >= 0.3 is 0 Å². The van der Waals surface area contributed by atoms with Crippen LogP contribution >= 0.6 is 0 Å². The molecule has 1 aromatic rings. The predicted octanol–water partition coefficient (Wildman–Crippen LogP) is 2.60. The Kier molecular flexibility index (Phi) is 5.04. The minimum atomic E-state index is 0.0000491. The fraction of sp³-hybridized carbons (Fsp3) is 0.438. The van der Waals surface area contributed by atoms with Crippen molar-refractivity contribution in [2.75, 3.05) is 18.9 Å². The van der Waals surface area contributed by atoms with E-state index in [0.29, 0.717) is 24.0 Å². The first-order valence-electron chi connectivity index (χ1n) is 7.10. The largest absolute Gasteiger partial charge is 0.482 e. The lowest BCUT2D eigenvalue weighted by atomic mass is 10.2. The number of anilines is 1. The van der Waals surface area contributed by atoms with Crippen molar-refractivity contribution in [3.63, 3.8) is 0 Å². The summed E-state index contributed by atoms with van der Waals surface area (Å²) in [5, 5.41) is 0. The van der Waals surface area contributed by atoms with Crippen molar-refractivity contribution in [2.24, 2.45) is 0 Å². The molecule has 2 N–H and O–H groups in total. The zero-order valence-electron chi connectivity index (χ0n) is 11.8. The molecule has 0 aromatic heterocycles. The highest BCUT2D eigenvalue weighted by Crippen LogP contribution is 2.24. The number of benzene rings is 1. The summed E-state index contributed by atoms with van der Waals surface area (Å²) in [6, 6.07) is 7.55. The molecule has 1 aliphatic carbocycles. The summed E-state index contributed by atoms with van der Waals surface area (Å²) in [5.74, 6) is 0.561. The number of carbonyl (C=O) groups is 1. The van der Waals surface area contributed by atoms with Gasteiger partial charge < -0.3 is 15.4 Å². The zero-order chi connectivity index (χ0) is 14.4. The first-order chi connectivity index (χ1) is 9.72. The second-order valence-corrected chi connectivity index (χ2v) is 5.10. The van der Waals surface area contributed by atoms with Crippen molar-refractivity contribution in [1.29, 1.82) is 0 Å². The van der Waals surface area contributed by atoms with Crippen LogP contribution in [0.25, 0.3) is 0 Å². The first-order valence-corrected chi connectivity index (χ1v) is 7.10. The Morgan fingerprint density at radius 3 is 2.75 bits per heavy atom. The number of hydrogen-bond donors (Lipinski definition) is 1. The zero-order valence-corrected chi connectivity index (χ0v) is 11.8. The number of hydrogen-bond acceptors (Lipinski definition) is 3. The third kappa shape index (κ3) is 3.53. The van der Waals surface area contributed by atoms with Crippen LogP contribution in [0, 0.1) is 0 Å². The van der Waals surface area contributed by atoms with Crippen molar-refractivity contribution < 1.29 is 9.53 Å². The number of ether oxygens (including phenoxy) is 1. The standard InChI is InChI=1S/C16H22N2O2/c1-2-11-18(13-7-3-4-8-13)16(19)12-20-15-10-6-5-9-14(15)17/h2,5-6,9-10,13H,1,3-4,7-8,11-12,17H2. The quantitative estimate of drug-likeness (QED) is 0.641. The Morgan fingerprint density at radius 1 is 1.40 bits per heavy atom. The fourth-order valence-electron chi connectivity index (χ4n) is 2.64. The monoisotopic (exact) mass is 274 g/mol. The van der Waals surface area contributed by atoms with Crippen LogP contribution in [-0.2, 0) is 4.79 Å². The summed E-state index contributed by atoms with van der Waals surface area (Å²) in [5.41, 5.74) is 6.35. The van der Waals surface area contributed by atoms with E-state index in [0.717, 1.165) is 12.8 Å². The summed E-state index contributed by atoms with van der Waals surface area (Å²) in [7, 11) is 0. The van der Waals surface area contributed by atoms with Gasteiger partial charge in [0, 0.05) is 12.6 Å². The minimum absolute atomic E-state index is 0.0000491. The van der Waals surface area contributed by atoms with E-state index in [2.05, 4.69) is 6.58 Å². The lowest BCUT2D eigenvalue weighted by molar-refractivity contribution is -0.135. The van der Waals surface area contributed by atoms with E-state index < -0.39 is 0 Å². The predicted molar refractivity (Wildman–Crippen MR) is 80.5 cm³/mol. The second kappa shape index (κ2) is 6.98. The van der Waals surface area contributed by atoms with Gasteiger partial charge in [-0.3, -0.25) is 4.79 Å². The highest BCUT2D eigenvalue weighted by Gasteiger charge is 2.25. The maximum absolute atomic E-state index is 12.3. The van der Waals surface area contributed by atoms with Gasteiger partial charge in [0.05, 0.1) is 5.69 Å². The average molecular weight is 274 g/mol. The number of para-hydroxylation sites is 2. The number of rotatable bonds is 6. The molecule has 1 amide bonds. The Hall–Kier alpha value is -1.97. The van der Waals surface area contributed by atoms with Crippen LogP contribution in [0.4, 0.5) is 5.69 Å². The number of amides is 1. The van der Waals surface area contributed by atoms with Crippen molar-refractivity contribution in [2.45, 2.75) is 31.7 Å². The molecule has 0 spiro atoms. The molecule has 4 heteroatoms. The van der Waals surface area contributed by atoms with Crippen molar-refractivity contribution >= 4 is 11.6 Å². The summed E-state index contributed by atoms with van der Waals surface area (Å²) >= 11 is 0. The molecule has 1 aromatic carbocycles. The Bertz CT molecular complexity index is 467. The van der Waals surface area contributed by atoms with Gasteiger partial charge in [-0.25, -0.2) is 0 Å². The van der Waals surface area contributed by atoms with Crippen molar-refractivity contribution in [3.05, 3.63) is 36.9 Å². The highest BCUT2D eigenvalue weighted by atomic mass is 16.5. The first kappa shape index (κ1) is 14.4. The van der Waals surface area contributed by atoms with Gasteiger partial charge in [0.1, 0.15) is 5.75 Å². The van der Waals surface area contributed by atoms with E-state index in [1.807, 2.05) is 17.0 Å². The van der Waals surface area contributed by atoms with E-state index in [4.69, 9.17) is 10.5 Å². The normalized spacial score (nSPS) is 15.0. The van der Waals surface area contributed by atoms with Gasteiger partial charge in [0.15, 0.2) is 6.61 Å². The highest BCUT2D eigenvalue weighted by molar-refractivity contribution is 5.78. The summed E-state index contributed by atoms with van der Waals surface area (Å²) in [6.45, 7) is 4.34. The summed E-state index contributed by atoms with van der Waals surface area (Å²) in [4.78, 5) is 14.2. The molecule has 108 valence electrons.